The van der Waals surface area contributed by atoms with E-state index >= 15 is 0 Å². The summed E-state index contributed by atoms with van der Waals surface area (Å²) in [7, 11) is 0. The van der Waals surface area contributed by atoms with Crippen molar-refractivity contribution in [2.45, 2.75) is 11.3 Å². The van der Waals surface area contributed by atoms with Crippen molar-refractivity contribution >= 4 is 38.7 Å². The van der Waals surface area contributed by atoms with E-state index < -0.39 is 6.10 Å². The summed E-state index contributed by atoms with van der Waals surface area (Å²) in [6.45, 7) is 0. The summed E-state index contributed by atoms with van der Waals surface area (Å²) in [5, 5.41) is 11.0. The average molecular weight is 349 g/mol. The Balaban J connectivity index is 1.68. The number of hydrogen-bond donors (Lipinski definition) is 2. The summed E-state index contributed by atoms with van der Waals surface area (Å²) in [5.41, 5.74) is 2.89. The molecular weight excluding hydrogens is 336 g/mol. The Morgan fingerprint density at radius 1 is 1.15 bits per heavy atom. The van der Waals surface area contributed by atoms with Crippen LogP contribution in [0.5, 0.6) is 0 Å². The van der Waals surface area contributed by atoms with E-state index in [-0.39, 0.29) is 0 Å². The second kappa shape index (κ2) is 5.99. The number of benzene rings is 2. The fourth-order valence-corrected chi connectivity index (χ4v) is 3.05. The zero-order valence-corrected chi connectivity index (χ0v) is 13.0. The summed E-state index contributed by atoms with van der Waals surface area (Å²) in [6.07, 6.45) is -0.499. The zero-order chi connectivity index (χ0) is 13.9. The van der Waals surface area contributed by atoms with Crippen molar-refractivity contribution < 1.29 is 5.11 Å². The molecule has 1 atom stereocenters. The van der Waals surface area contributed by atoms with E-state index in [1.165, 1.54) is 11.8 Å². The number of aliphatic hydroxyl groups excluding tert-OH is 1. The van der Waals surface area contributed by atoms with Crippen molar-refractivity contribution in [2.75, 3.05) is 5.75 Å². The van der Waals surface area contributed by atoms with Gasteiger partial charge in [0.1, 0.15) is 0 Å². The predicted octanol–water partition coefficient (Wildman–Crippen LogP) is 4.15. The first-order chi connectivity index (χ1) is 9.72. The van der Waals surface area contributed by atoms with Crippen molar-refractivity contribution in [1.29, 1.82) is 0 Å². The van der Waals surface area contributed by atoms with Crippen LogP contribution in [0, 0.1) is 0 Å². The van der Waals surface area contributed by atoms with Gasteiger partial charge in [0.15, 0.2) is 5.16 Å². The maximum Gasteiger partial charge on any atom is 0.166 e. The van der Waals surface area contributed by atoms with Crippen molar-refractivity contribution in [3.63, 3.8) is 0 Å². The molecule has 3 aromatic rings. The minimum Gasteiger partial charge on any atom is -0.388 e. The third kappa shape index (κ3) is 3.06. The van der Waals surface area contributed by atoms with Crippen LogP contribution >= 0.6 is 27.7 Å². The molecule has 3 nitrogen and oxygen atoms in total. The van der Waals surface area contributed by atoms with Gasteiger partial charge < -0.3 is 10.1 Å². The first-order valence-corrected chi connectivity index (χ1v) is 8.01. The number of nitrogens with zero attached hydrogens (tertiary/aromatic N) is 1. The summed E-state index contributed by atoms with van der Waals surface area (Å²) in [5.74, 6) is 0.571. The van der Waals surface area contributed by atoms with Gasteiger partial charge in [-0.1, -0.05) is 52.0 Å². The molecule has 0 bridgehead atoms. The Hall–Kier alpha value is -1.30. The minimum atomic E-state index is -0.499. The number of aromatic amines is 1. The maximum atomic E-state index is 10.2. The molecule has 2 N–H and O–H groups in total. The molecule has 102 valence electrons. The van der Waals surface area contributed by atoms with Gasteiger partial charge in [-0.25, -0.2) is 4.98 Å². The second-order valence-corrected chi connectivity index (χ2v) is 6.36. The van der Waals surface area contributed by atoms with E-state index in [0.29, 0.717) is 5.75 Å². The zero-order valence-electron chi connectivity index (χ0n) is 10.6. The molecule has 0 radical (unpaired) electrons. The SMILES string of the molecule is OC(CSc1nc2ccccc2[nH]1)c1ccc(Br)cc1. The van der Waals surface area contributed by atoms with Crippen molar-refractivity contribution in [1.82, 2.24) is 9.97 Å². The number of H-pyrrole nitrogens is 1. The van der Waals surface area contributed by atoms with Gasteiger partial charge in [-0.2, -0.15) is 0 Å². The first-order valence-electron chi connectivity index (χ1n) is 6.23. The Morgan fingerprint density at radius 3 is 2.65 bits per heavy atom. The van der Waals surface area contributed by atoms with Gasteiger partial charge >= 0.3 is 0 Å². The predicted molar refractivity (Wildman–Crippen MR) is 85.9 cm³/mol. The molecule has 0 aliphatic rings. The lowest BCUT2D eigenvalue weighted by Crippen LogP contribution is -2.00. The first kappa shape index (κ1) is 13.7. The summed E-state index contributed by atoms with van der Waals surface area (Å²) in [4.78, 5) is 7.73. The topological polar surface area (TPSA) is 48.9 Å². The van der Waals surface area contributed by atoms with Gasteiger partial charge in [0.05, 0.1) is 17.1 Å². The molecule has 0 saturated heterocycles. The molecular formula is C15H13BrN2OS. The second-order valence-electron chi connectivity index (χ2n) is 4.44. The normalized spacial score (nSPS) is 12.7. The Labute approximate surface area is 129 Å². The quantitative estimate of drug-likeness (QED) is 0.696. The number of aromatic nitrogens is 2. The largest absolute Gasteiger partial charge is 0.388 e. The van der Waals surface area contributed by atoms with Crippen LogP contribution in [0.4, 0.5) is 0 Å². The number of imidazole rings is 1. The van der Waals surface area contributed by atoms with Crippen molar-refractivity contribution in [3.8, 4) is 0 Å². The van der Waals surface area contributed by atoms with Crippen LogP contribution in [-0.2, 0) is 0 Å². The third-order valence-corrected chi connectivity index (χ3v) is 4.48. The highest BCUT2D eigenvalue weighted by Crippen LogP contribution is 2.25. The summed E-state index contributed by atoms with van der Waals surface area (Å²) < 4.78 is 1.01. The number of aliphatic hydroxyl groups is 1. The molecule has 20 heavy (non-hydrogen) atoms. The van der Waals surface area contributed by atoms with Crippen LogP contribution < -0.4 is 0 Å². The highest BCUT2D eigenvalue weighted by molar-refractivity contribution is 9.10. The van der Waals surface area contributed by atoms with Gasteiger partial charge in [-0.15, -0.1) is 0 Å². The van der Waals surface area contributed by atoms with Gasteiger partial charge in [0.25, 0.3) is 0 Å². The van der Waals surface area contributed by atoms with E-state index in [1.54, 1.807) is 0 Å². The molecule has 0 aliphatic heterocycles. The van der Waals surface area contributed by atoms with E-state index in [2.05, 4.69) is 25.9 Å². The van der Waals surface area contributed by atoms with Gasteiger partial charge in [0.2, 0.25) is 0 Å². The van der Waals surface area contributed by atoms with Crippen LogP contribution in [-0.4, -0.2) is 20.8 Å². The lowest BCUT2D eigenvalue weighted by atomic mass is 10.1. The minimum absolute atomic E-state index is 0.499. The van der Waals surface area contributed by atoms with Crippen LogP contribution in [0.1, 0.15) is 11.7 Å². The molecule has 0 fully saturated rings. The molecule has 0 saturated carbocycles. The lowest BCUT2D eigenvalue weighted by molar-refractivity contribution is 0.204. The van der Waals surface area contributed by atoms with E-state index in [0.717, 1.165) is 26.2 Å². The lowest BCUT2D eigenvalue weighted by Gasteiger charge is -2.09. The molecule has 0 aliphatic carbocycles. The van der Waals surface area contributed by atoms with Gasteiger partial charge in [-0.05, 0) is 29.8 Å². The number of rotatable bonds is 4. The molecule has 0 amide bonds. The number of hydrogen-bond acceptors (Lipinski definition) is 3. The number of nitrogens with one attached hydrogen (secondary N) is 1. The summed E-state index contributed by atoms with van der Waals surface area (Å²) in [6, 6.07) is 15.6. The molecule has 0 spiro atoms. The number of para-hydroxylation sites is 2. The highest BCUT2D eigenvalue weighted by atomic mass is 79.9. The van der Waals surface area contributed by atoms with Crippen LogP contribution in [0.3, 0.4) is 0 Å². The van der Waals surface area contributed by atoms with Gasteiger partial charge in [0, 0.05) is 10.2 Å². The van der Waals surface area contributed by atoms with Crippen LogP contribution in [0.15, 0.2) is 58.2 Å². The molecule has 2 aromatic carbocycles. The third-order valence-electron chi connectivity index (χ3n) is 3.00. The smallest absolute Gasteiger partial charge is 0.166 e. The van der Waals surface area contributed by atoms with Gasteiger partial charge in [-0.3, -0.25) is 0 Å². The highest BCUT2D eigenvalue weighted by Gasteiger charge is 2.10. The van der Waals surface area contributed by atoms with E-state index in [9.17, 15) is 5.11 Å². The standard InChI is InChI=1S/C15H13BrN2OS/c16-11-7-5-10(6-8-11)14(19)9-20-15-17-12-3-1-2-4-13(12)18-15/h1-8,14,19H,9H2,(H,17,18). The average Bonchev–Trinajstić information content (AvgIpc) is 2.88. The van der Waals surface area contributed by atoms with E-state index in [4.69, 9.17) is 0 Å². The van der Waals surface area contributed by atoms with E-state index in [1.807, 2.05) is 48.5 Å². The van der Waals surface area contributed by atoms with Crippen LogP contribution in [0.2, 0.25) is 0 Å². The van der Waals surface area contributed by atoms with Crippen molar-refractivity contribution in [3.05, 3.63) is 58.6 Å². The van der Waals surface area contributed by atoms with Crippen LogP contribution in [0.25, 0.3) is 11.0 Å². The Morgan fingerprint density at radius 2 is 1.90 bits per heavy atom. The Bertz CT molecular complexity index is 678. The maximum absolute atomic E-state index is 10.2. The molecule has 5 heteroatoms. The fraction of sp³-hybridized carbons (Fsp3) is 0.133. The summed E-state index contributed by atoms with van der Waals surface area (Å²) >= 11 is 4.91. The monoisotopic (exact) mass is 348 g/mol. The van der Waals surface area contributed by atoms with Crippen molar-refractivity contribution in [2.24, 2.45) is 0 Å². The fourth-order valence-electron chi connectivity index (χ4n) is 1.94. The molecule has 3 rings (SSSR count). The molecule has 1 aromatic heterocycles. The number of fused-ring (bicyclic) bond motifs is 1. The molecule has 1 heterocycles. The molecule has 1 unspecified atom stereocenters. The number of halogens is 1. The Kier molecular flexibility index (Phi) is 4.10. The number of thioether (sulfide) groups is 1.